The van der Waals surface area contributed by atoms with Crippen LogP contribution in [0.15, 0.2) is 12.1 Å². The summed E-state index contributed by atoms with van der Waals surface area (Å²) in [5.74, 6) is -0.550. The van der Waals surface area contributed by atoms with Gasteiger partial charge in [-0.1, -0.05) is 37.0 Å². The van der Waals surface area contributed by atoms with Gasteiger partial charge in [0.1, 0.15) is 0 Å². The summed E-state index contributed by atoms with van der Waals surface area (Å²) in [6.07, 6.45) is 1.90. The molecule has 0 radical (unpaired) electrons. The predicted molar refractivity (Wildman–Crippen MR) is 84.5 cm³/mol. The summed E-state index contributed by atoms with van der Waals surface area (Å²) in [6.45, 7) is 4.78. The van der Waals surface area contributed by atoms with Gasteiger partial charge in [0.05, 0.1) is 21.3 Å². The second-order valence-electron chi connectivity index (χ2n) is 5.04. The van der Waals surface area contributed by atoms with Crippen molar-refractivity contribution in [1.82, 2.24) is 5.32 Å². The Hall–Kier alpha value is -1.46. The number of anilines is 1. The maximum atomic E-state index is 11.7. The number of carbonyl (C=O) groups excluding carboxylic acids is 1. The van der Waals surface area contributed by atoms with Crippen LogP contribution in [0.2, 0.25) is 10.0 Å². The topological polar surface area (TPSA) is 78.4 Å². The molecule has 0 unspecified atom stereocenters. The fraction of sp³-hybridized carbons (Fsp3) is 0.429. The smallest absolute Gasteiger partial charge is 0.335 e. The van der Waals surface area contributed by atoms with Gasteiger partial charge in [0, 0.05) is 6.54 Å². The zero-order valence-corrected chi connectivity index (χ0v) is 13.4. The van der Waals surface area contributed by atoms with Crippen LogP contribution in [0, 0.1) is 5.92 Å². The molecule has 21 heavy (non-hydrogen) atoms. The lowest BCUT2D eigenvalue weighted by molar-refractivity contribution is 0.0697. The van der Waals surface area contributed by atoms with Gasteiger partial charge in [-0.05, 0) is 30.9 Å². The highest BCUT2D eigenvalue weighted by atomic mass is 35.5. The molecule has 0 aliphatic carbocycles. The maximum Gasteiger partial charge on any atom is 0.335 e. The van der Waals surface area contributed by atoms with Crippen LogP contribution in [0.25, 0.3) is 0 Å². The maximum absolute atomic E-state index is 11.7. The van der Waals surface area contributed by atoms with E-state index >= 15 is 0 Å². The van der Waals surface area contributed by atoms with Crippen molar-refractivity contribution in [2.24, 2.45) is 5.92 Å². The van der Waals surface area contributed by atoms with Crippen LogP contribution in [0.3, 0.4) is 0 Å². The number of nitrogens with one attached hydrogen (secondary N) is 2. The van der Waals surface area contributed by atoms with E-state index in [1.807, 2.05) is 0 Å². The van der Waals surface area contributed by atoms with E-state index in [0.29, 0.717) is 12.5 Å². The summed E-state index contributed by atoms with van der Waals surface area (Å²) in [4.78, 5) is 22.6. The van der Waals surface area contributed by atoms with E-state index in [-0.39, 0.29) is 21.3 Å². The molecule has 0 spiro atoms. The van der Waals surface area contributed by atoms with Crippen LogP contribution in [-0.2, 0) is 0 Å². The molecule has 0 saturated carbocycles. The molecular formula is C14H18Cl2N2O3. The highest BCUT2D eigenvalue weighted by Gasteiger charge is 2.14. The van der Waals surface area contributed by atoms with Crippen molar-refractivity contribution in [3.8, 4) is 0 Å². The minimum atomic E-state index is -1.14. The molecule has 0 aliphatic rings. The molecule has 2 amide bonds. The van der Waals surface area contributed by atoms with Gasteiger partial charge in [0.25, 0.3) is 0 Å². The largest absolute Gasteiger partial charge is 0.478 e. The first-order valence-electron chi connectivity index (χ1n) is 6.58. The third kappa shape index (κ3) is 5.81. The third-order valence-corrected chi connectivity index (χ3v) is 3.37. The summed E-state index contributed by atoms with van der Waals surface area (Å²) in [5.41, 5.74) is 0.164. The fourth-order valence-corrected chi connectivity index (χ4v) is 2.27. The molecule has 0 aromatic heterocycles. The monoisotopic (exact) mass is 332 g/mol. The Morgan fingerprint density at radius 3 is 2.29 bits per heavy atom. The molecular weight excluding hydrogens is 315 g/mol. The highest BCUT2D eigenvalue weighted by molar-refractivity contribution is 6.40. The molecule has 0 atom stereocenters. The van der Waals surface area contributed by atoms with Gasteiger partial charge in [-0.2, -0.15) is 0 Å². The van der Waals surface area contributed by atoms with E-state index in [1.165, 1.54) is 12.1 Å². The van der Waals surface area contributed by atoms with Gasteiger partial charge in [0.2, 0.25) is 0 Å². The number of urea groups is 1. The Bertz CT molecular complexity index is 510. The number of carboxylic acids is 1. The van der Waals surface area contributed by atoms with Gasteiger partial charge in [-0.3, -0.25) is 0 Å². The number of carboxylic acid groups (broad SMARTS) is 1. The van der Waals surface area contributed by atoms with E-state index in [0.717, 1.165) is 12.8 Å². The van der Waals surface area contributed by atoms with Gasteiger partial charge in [-0.15, -0.1) is 0 Å². The van der Waals surface area contributed by atoms with Crippen molar-refractivity contribution in [2.45, 2.75) is 26.7 Å². The lowest BCUT2D eigenvalue weighted by Gasteiger charge is -2.12. The summed E-state index contributed by atoms with van der Waals surface area (Å²) in [5, 5.41) is 14.3. The van der Waals surface area contributed by atoms with Crippen molar-refractivity contribution in [3.05, 3.63) is 27.7 Å². The van der Waals surface area contributed by atoms with Crippen LogP contribution in [0.5, 0.6) is 0 Å². The zero-order valence-electron chi connectivity index (χ0n) is 11.9. The van der Waals surface area contributed by atoms with E-state index in [1.54, 1.807) is 0 Å². The number of rotatable bonds is 6. The Morgan fingerprint density at radius 1 is 1.24 bits per heavy atom. The van der Waals surface area contributed by atoms with Gasteiger partial charge in [0.15, 0.2) is 0 Å². The molecule has 5 nitrogen and oxygen atoms in total. The number of hydrogen-bond acceptors (Lipinski definition) is 2. The van der Waals surface area contributed by atoms with Crippen molar-refractivity contribution < 1.29 is 14.7 Å². The number of halogens is 2. The predicted octanol–water partition coefficient (Wildman–Crippen LogP) is 4.25. The summed E-state index contributed by atoms with van der Waals surface area (Å²) < 4.78 is 0. The zero-order chi connectivity index (χ0) is 16.0. The van der Waals surface area contributed by atoms with Crippen LogP contribution < -0.4 is 10.6 Å². The van der Waals surface area contributed by atoms with Crippen molar-refractivity contribution in [1.29, 1.82) is 0 Å². The van der Waals surface area contributed by atoms with E-state index in [9.17, 15) is 9.59 Å². The number of hydrogen-bond donors (Lipinski definition) is 3. The van der Waals surface area contributed by atoms with Crippen LogP contribution in [0.4, 0.5) is 10.5 Å². The van der Waals surface area contributed by atoms with Crippen molar-refractivity contribution in [2.75, 3.05) is 11.9 Å². The lowest BCUT2D eigenvalue weighted by Crippen LogP contribution is -2.30. The minimum Gasteiger partial charge on any atom is -0.478 e. The van der Waals surface area contributed by atoms with Gasteiger partial charge >= 0.3 is 12.0 Å². The molecule has 0 saturated heterocycles. The average molecular weight is 333 g/mol. The normalized spacial score (nSPS) is 10.5. The van der Waals surface area contributed by atoms with Crippen LogP contribution >= 0.6 is 23.2 Å². The lowest BCUT2D eigenvalue weighted by atomic mass is 10.1. The second-order valence-corrected chi connectivity index (χ2v) is 5.85. The summed E-state index contributed by atoms with van der Waals surface area (Å²) in [6, 6.07) is 2.06. The van der Waals surface area contributed by atoms with Crippen molar-refractivity contribution in [3.63, 3.8) is 0 Å². The molecule has 0 aliphatic heterocycles. The van der Waals surface area contributed by atoms with Crippen LogP contribution in [0.1, 0.15) is 37.0 Å². The molecule has 7 heteroatoms. The molecule has 1 aromatic carbocycles. The van der Waals surface area contributed by atoms with E-state index in [4.69, 9.17) is 28.3 Å². The Balaban J connectivity index is 2.62. The Kier molecular flexibility index (Phi) is 6.78. The van der Waals surface area contributed by atoms with Gasteiger partial charge < -0.3 is 15.7 Å². The second kappa shape index (κ2) is 8.10. The number of benzene rings is 1. The van der Waals surface area contributed by atoms with E-state index < -0.39 is 12.0 Å². The fourth-order valence-electron chi connectivity index (χ4n) is 1.69. The van der Waals surface area contributed by atoms with Crippen LogP contribution in [-0.4, -0.2) is 23.7 Å². The molecule has 0 heterocycles. The Labute approximate surface area is 133 Å². The molecule has 0 fully saturated rings. The van der Waals surface area contributed by atoms with Crippen molar-refractivity contribution >= 4 is 40.9 Å². The molecule has 1 aromatic rings. The SMILES string of the molecule is CC(C)CCCNC(=O)Nc1c(Cl)cc(C(=O)O)cc1Cl. The van der Waals surface area contributed by atoms with E-state index in [2.05, 4.69) is 24.5 Å². The Morgan fingerprint density at radius 2 is 1.81 bits per heavy atom. The summed E-state index contributed by atoms with van der Waals surface area (Å²) >= 11 is 11.9. The first-order valence-corrected chi connectivity index (χ1v) is 7.34. The first kappa shape index (κ1) is 17.6. The average Bonchev–Trinajstić information content (AvgIpc) is 2.38. The number of aromatic carboxylic acids is 1. The standard InChI is InChI=1S/C14H18Cl2N2O3/c1-8(2)4-3-5-17-14(21)18-12-10(15)6-9(13(19)20)7-11(12)16/h6-8H,3-5H2,1-2H3,(H,19,20)(H2,17,18,21). The minimum absolute atomic E-state index is 0.0344. The molecule has 3 N–H and O–H groups in total. The number of amides is 2. The first-order chi connectivity index (χ1) is 9.81. The quantitative estimate of drug-likeness (QED) is 0.681. The third-order valence-electron chi connectivity index (χ3n) is 2.77. The summed E-state index contributed by atoms with van der Waals surface area (Å²) in [7, 11) is 0. The molecule has 1 rings (SSSR count). The van der Waals surface area contributed by atoms with Gasteiger partial charge in [-0.25, -0.2) is 9.59 Å². The molecule has 0 bridgehead atoms. The highest BCUT2D eigenvalue weighted by Crippen LogP contribution is 2.31. The molecule has 116 valence electrons. The number of carbonyl (C=O) groups is 2.